The summed E-state index contributed by atoms with van der Waals surface area (Å²) in [6.45, 7) is 6.88. The summed E-state index contributed by atoms with van der Waals surface area (Å²) in [7, 11) is 0. The zero-order chi connectivity index (χ0) is 14.3. The Bertz CT molecular complexity index is 388. The minimum Gasteiger partial charge on any atom is -0.484 e. The third-order valence-corrected chi connectivity index (χ3v) is 2.83. The van der Waals surface area contributed by atoms with Gasteiger partial charge in [0.1, 0.15) is 5.75 Å². The number of carbonyl (C=O) groups is 1. The number of amides is 1. The molecule has 1 rings (SSSR count). The number of nitrogens with one attached hydrogen (secondary N) is 1. The normalized spacial score (nSPS) is 12.3. The maximum Gasteiger partial charge on any atom is 0.257 e. The molecular weight excluding hydrogens is 240 g/mol. The van der Waals surface area contributed by atoms with Crippen molar-refractivity contribution in [3.05, 3.63) is 29.8 Å². The number of hydrogen-bond acceptors (Lipinski definition) is 3. The molecule has 0 saturated carbocycles. The van der Waals surface area contributed by atoms with Crippen molar-refractivity contribution in [3.63, 3.8) is 0 Å². The Balaban J connectivity index is 2.39. The Hall–Kier alpha value is -1.55. The van der Waals surface area contributed by atoms with E-state index in [0.29, 0.717) is 18.2 Å². The summed E-state index contributed by atoms with van der Waals surface area (Å²) >= 11 is 0. The average Bonchev–Trinajstić information content (AvgIpc) is 2.42. The molecule has 0 fully saturated rings. The first-order valence-corrected chi connectivity index (χ1v) is 6.78. The van der Waals surface area contributed by atoms with Gasteiger partial charge in [0.25, 0.3) is 5.91 Å². The Labute approximate surface area is 115 Å². The fourth-order valence-electron chi connectivity index (χ4n) is 1.56. The van der Waals surface area contributed by atoms with Gasteiger partial charge in [-0.05, 0) is 30.0 Å². The van der Waals surface area contributed by atoms with Gasteiger partial charge < -0.3 is 15.8 Å². The van der Waals surface area contributed by atoms with E-state index in [9.17, 15) is 4.79 Å². The Kier molecular flexibility index (Phi) is 6.36. The number of nitrogens with two attached hydrogens (primary N) is 1. The summed E-state index contributed by atoms with van der Waals surface area (Å²) in [6, 6.07) is 7.63. The van der Waals surface area contributed by atoms with Crippen molar-refractivity contribution in [1.29, 1.82) is 0 Å². The van der Waals surface area contributed by atoms with Crippen LogP contribution in [-0.4, -0.2) is 19.1 Å². The zero-order valence-electron chi connectivity index (χ0n) is 12.0. The van der Waals surface area contributed by atoms with E-state index in [2.05, 4.69) is 19.2 Å². The highest BCUT2D eigenvalue weighted by Crippen LogP contribution is 2.18. The molecule has 4 heteroatoms. The van der Waals surface area contributed by atoms with E-state index in [0.717, 1.165) is 12.0 Å². The predicted octanol–water partition coefficient (Wildman–Crippen LogP) is 2.25. The average molecular weight is 264 g/mol. The quantitative estimate of drug-likeness (QED) is 0.794. The minimum absolute atomic E-state index is 0.0475. The minimum atomic E-state index is -0.0944. The lowest BCUT2D eigenvalue weighted by atomic mass is 10.1. The molecule has 0 aromatic heterocycles. The van der Waals surface area contributed by atoms with Crippen molar-refractivity contribution in [1.82, 2.24) is 5.32 Å². The van der Waals surface area contributed by atoms with Crippen LogP contribution < -0.4 is 15.8 Å². The van der Waals surface area contributed by atoms with Crippen LogP contribution in [0, 0.1) is 5.92 Å². The number of benzene rings is 1. The molecule has 1 aromatic rings. The van der Waals surface area contributed by atoms with Gasteiger partial charge in [-0.2, -0.15) is 0 Å². The van der Waals surface area contributed by atoms with Crippen LogP contribution in [-0.2, 0) is 4.79 Å². The zero-order valence-corrected chi connectivity index (χ0v) is 12.0. The highest BCUT2D eigenvalue weighted by molar-refractivity contribution is 5.77. The van der Waals surface area contributed by atoms with E-state index in [1.807, 2.05) is 31.2 Å². The maximum atomic E-state index is 11.5. The molecule has 0 heterocycles. The van der Waals surface area contributed by atoms with Crippen molar-refractivity contribution in [2.24, 2.45) is 11.7 Å². The molecule has 0 radical (unpaired) electrons. The van der Waals surface area contributed by atoms with Crippen molar-refractivity contribution < 1.29 is 9.53 Å². The van der Waals surface area contributed by atoms with Gasteiger partial charge in [-0.15, -0.1) is 0 Å². The van der Waals surface area contributed by atoms with E-state index in [-0.39, 0.29) is 18.6 Å². The largest absolute Gasteiger partial charge is 0.484 e. The smallest absolute Gasteiger partial charge is 0.257 e. The highest BCUT2D eigenvalue weighted by Gasteiger charge is 2.05. The van der Waals surface area contributed by atoms with Crippen LogP contribution in [0.2, 0.25) is 0 Å². The van der Waals surface area contributed by atoms with Crippen LogP contribution in [0.3, 0.4) is 0 Å². The van der Waals surface area contributed by atoms with Gasteiger partial charge in [0, 0.05) is 12.6 Å². The van der Waals surface area contributed by atoms with E-state index in [1.165, 1.54) is 0 Å². The van der Waals surface area contributed by atoms with Gasteiger partial charge in [0.2, 0.25) is 0 Å². The van der Waals surface area contributed by atoms with E-state index in [4.69, 9.17) is 10.5 Å². The monoisotopic (exact) mass is 264 g/mol. The number of ether oxygens (including phenoxy) is 1. The van der Waals surface area contributed by atoms with E-state index < -0.39 is 0 Å². The first-order valence-electron chi connectivity index (χ1n) is 6.78. The lowest BCUT2D eigenvalue weighted by molar-refractivity contribution is -0.123. The summed E-state index contributed by atoms with van der Waals surface area (Å²) < 4.78 is 5.42. The number of hydrogen-bond donors (Lipinski definition) is 2. The standard InChI is InChI=1S/C15H24N2O2/c1-4-14(16)12-5-7-13(8-6-12)19-10-15(18)17-9-11(2)3/h5-8,11,14H,4,9-10,16H2,1-3H3,(H,17,18)/t14-/m0/s1. The SMILES string of the molecule is CC[C@H](N)c1ccc(OCC(=O)NCC(C)C)cc1. The Morgan fingerprint density at radius 3 is 2.47 bits per heavy atom. The van der Waals surface area contributed by atoms with Crippen molar-refractivity contribution in [2.75, 3.05) is 13.2 Å². The fourth-order valence-corrected chi connectivity index (χ4v) is 1.56. The molecule has 1 amide bonds. The van der Waals surface area contributed by atoms with Gasteiger partial charge >= 0.3 is 0 Å². The Morgan fingerprint density at radius 1 is 1.32 bits per heavy atom. The second-order valence-electron chi connectivity index (χ2n) is 5.07. The number of carbonyl (C=O) groups excluding carboxylic acids is 1. The molecule has 19 heavy (non-hydrogen) atoms. The predicted molar refractivity (Wildman–Crippen MR) is 77.0 cm³/mol. The van der Waals surface area contributed by atoms with Crippen LogP contribution in [0.5, 0.6) is 5.75 Å². The topological polar surface area (TPSA) is 64.3 Å². The molecule has 0 aliphatic heterocycles. The van der Waals surface area contributed by atoms with E-state index >= 15 is 0 Å². The third kappa shape index (κ3) is 5.75. The van der Waals surface area contributed by atoms with Crippen LogP contribution in [0.15, 0.2) is 24.3 Å². The maximum absolute atomic E-state index is 11.5. The van der Waals surface area contributed by atoms with Crippen LogP contribution in [0.4, 0.5) is 0 Å². The molecule has 0 bridgehead atoms. The summed E-state index contributed by atoms with van der Waals surface area (Å²) in [5.74, 6) is 1.04. The molecule has 106 valence electrons. The summed E-state index contributed by atoms with van der Waals surface area (Å²) in [5.41, 5.74) is 7.01. The van der Waals surface area contributed by atoms with Gasteiger partial charge in [-0.3, -0.25) is 4.79 Å². The first-order chi connectivity index (χ1) is 9.02. The molecule has 1 aromatic carbocycles. The van der Waals surface area contributed by atoms with Crippen molar-refractivity contribution in [2.45, 2.75) is 33.2 Å². The summed E-state index contributed by atoms with van der Waals surface area (Å²) in [5, 5.41) is 2.81. The Morgan fingerprint density at radius 2 is 1.95 bits per heavy atom. The summed E-state index contributed by atoms with van der Waals surface area (Å²) in [6.07, 6.45) is 0.901. The molecule has 3 N–H and O–H groups in total. The van der Waals surface area contributed by atoms with Gasteiger partial charge in [0.05, 0.1) is 0 Å². The molecule has 0 unspecified atom stereocenters. The van der Waals surface area contributed by atoms with Crippen molar-refractivity contribution >= 4 is 5.91 Å². The molecule has 0 aliphatic carbocycles. The highest BCUT2D eigenvalue weighted by atomic mass is 16.5. The van der Waals surface area contributed by atoms with Gasteiger partial charge in [-0.1, -0.05) is 32.9 Å². The van der Waals surface area contributed by atoms with Gasteiger partial charge in [-0.25, -0.2) is 0 Å². The lowest BCUT2D eigenvalue weighted by Gasteiger charge is -2.11. The fraction of sp³-hybridized carbons (Fsp3) is 0.533. The molecule has 0 spiro atoms. The molecule has 1 atom stereocenters. The molecule has 0 aliphatic rings. The number of rotatable bonds is 7. The van der Waals surface area contributed by atoms with Crippen molar-refractivity contribution in [3.8, 4) is 5.75 Å². The van der Waals surface area contributed by atoms with Crippen LogP contribution >= 0.6 is 0 Å². The van der Waals surface area contributed by atoms with Crippen LogP contribution in [0.1, 0.15) is 38.8 Å². The summed E-state index contributed by atoms with van der Waals surface area (Å²) in [4.78, 5) is 11.5. The van der Waals surface area contributed by atoms with Gasteiger partial charge in [0.15, 0.2) is 6.61 Å². The second kappa shape index (κ2) is 7.79. The molecule has 0 saturated heterocycles. The molecular formula is C15H24N2O2. The first kappa shape index (κ1) is 15.5. The molecule has 4 nitrogen and oxygen atoms in total. The lowest BCUT2D eigenvalue weighted by Crippen LogP contribution is -2.31. The van der Waals surface area contributed by atoms with Crippen LogP contribution in [0.25, 0.3) is 0 Å². The second-order valence-corrected chi connectivity index (χ2v) is 5.07. The third-order valence-electron chi connectivity index (χ3n) is 2.83. The van der Waals surface area contributed by atoms with E-state index in [1.54, 1.807) is 0 Å².